The zero-order valence-corrected chi connectivity index (χ0v) is 20.2. The molecular weight excluding hydrogens is 468 g/mol. The summed E-state index contributed by atoms with van der Waals surface area (Å²) in [4.78, 5) is 36.0. The van der Waals surface area contributed by atoms with Crippen molar-refractivity contribution in [3.05, 3.63) is 102 Å². The Kier molecular flexibility index (Phi) is 6.60. The van der Waals surface area contributed by atoms with Gasteiger partial charge in [-0.2, -0.15) is 0 Å². The standard InChI is InChI=1S/C30H26N2O5/c1-18(33)19-10-11-21-15-22(13-12-20(21)14-19)31-16-28(29(34)35)32-30(36)37-17-27-25-8-4-2-6-23(25)24-7-3-5-9-26(24)27/h2-15,27-28,31H,16-17H2,1H3,(H,32,36)(H,34,35)/t28-/m0/s1. The van der Waals surface area contributed by atoms with Gasteiger partial charge in [-0.1, -0.05) is 66.7 Å². The fourth-order valence-corrected chi connectivity index (χ4v) is 4.78. The van der Waals surface area contributed by atoms with Crippen LogP contribution >= 0.6 is 0 Å². The van der Waals surface area contributed by atoms with E-state index in [1.54, 1.807) is 12.1 Å². The predicted molar refractivity (Wildman–Crippen MR) is 142 cm³/mol. The van der Waals surface area contributed by atoms with Crippen molar-refractivity contribution in [2.24, 2.45) is 0 Å². The molecule has 7 heteroatoms. The first-order valence-electron chi connectivity index (χ1n) is 12.0. The molecule has 0 fully saturated rings. The van der Waals surface area contributed by atoms with Gasteiger partial charge in [0.05, 0.1) is 0 Å². The number of anilines is 1. The van der Waals surface area contributed by atoms with Crippen molar-refractivity contribution >= 4 is 34.3 Å². The number of carbonyl (C=O) groups is 3. The van der Waals surface area contributed by atoms with E-state index in [1.807, 2.05) is 60.7 Å². The molecule has 0 aromatic heterocycles. The highest BCUT2D eigenvalue weighted by atomic mass is 16.5. The van der Waals surface area contributed by atoms with Crippen LogP contribution in [0.15, 0.2) is 84.9 Å². The zero-order valence-electron chi connectivity index (χ0n) is 20.2. The molecule has 5 rings (SSSR count). The Morgan fingerprint density at radius 3 is 2.14 bits per heavy atom. The lowest BCUT2D eigenvalue weighted by molar-refractivity contribution is -0.138. The molecule has 0 spiro atoms. The number of nitrogens with one attached hydrogen (secondary N) is 2. The molecule has 0 saturated heterocycles. The minimum absolute atomic E-state index is 0.00675. The van der Waals surface area contributed by atoms with E-state index in [0.717, 1.165) is 33.0 Å². The molecule has 37 heavy (non-hydrogen) atoms. The van der Waals surface area contributed by atoms with E-state index < -0.39 is 18.1 Å². The summed E-state index contributed by atoms with van der Waals surface area (Å²) < 4.78 is 5.49. The van der Waals surface area contributed by atoms with Crippen molar-refractivity contribution in [2.45, 2.75) is 18.9 Å². The third-order valence-electron chi connectivity index (χ3n) is 6.69. The Labute approximate surface area is 214 Å². The van der Waals surface area contributed by atoms with E-state index in [1.165, 1.54) is 6.92 Å². The van der Waals surface area contributed by atoms with Crippen molar-refractivity contribution in [1.82, 2.24) is 5.32 Å². The van der Waals surface area contributed by atoms with Crippen LogP contribution in [0, 0.1) is 0 Å². The van der Waals surface area contributed by atoms with Gasteiger partial charge < -0.3 is 20.5 Å². The van der Waals surface area contributed by atoms with Crippen molar-refractivity contribution < 1.29 is 24.2 Å². The molecule has 0 radical (unpaired) electrons. The van der Waals surface area contributed by atoms with Crippen LogP contribution in [0.4, 0.5) is 10.5 Å². The number of ether oxygens (including phenoxy) is 1. The number of benzene rings is 4. The normalized spacial score (nSPS) is 12.9. The number of hydrogen-bond donors (Lipinski definition) is 3. The van der Waals surface area contributed by atoms with Crippen LogP contribution in [0.25, 0.3) is 21.9 Å². The SMILES string of the molecule is CC(=O)c1ccc2cc(NC[C@H](NC(=O)OCC3c4ccccc4-c4ccccc43)C(=O)O)ccc2c1. The van der Waals surface area contributed by atoms with Crippen LogP contribution in [-0.4, -0.2) is 42.1 Å². The molecule has 1 atom stereocenters. The number of carbonyl (C=O) groups excluding carboxylic acids is 2. The van der Waals surface area contributed by atoms with Gasteiger partial charge in [0.25, 0.3) is 0 Å². The Balaban J connectivity index is 1.21. The molecule has 0 unspecified atom stereocenters. The largest absolute Gasteiger partial charge is 0.480 e. The van der Waals surface area contributed by atoms with Crippen LogP contribution in [0.2, 0.25) is 0 Å². The molecule has 1 amide bonds. The number of hydrogen-bond acceptors (Lipinski definition) is 5. The molecule has 7 nitrogen and oxygen atoms in total. The summed E-state index contributed by atoms with van der Waals surface area (Å²) in [5.41, 5.74) is 5.73. The maximum absolute atomic E-state index is 12.6. The summed E-state index contributed by atoms with van der Waals surface area (Å²) >= 11 is 0. The maximum atomic E-state index is 12.6. The molecule has 0 bridgehead atoms. The topological polar surface area (TPSA) is 105 Å². The highest BCUT2D eigenvalue weighted by Gasteiger charge is 2.29. The first kappa shape index (κ1) is 24.1. The molecule has 0 heterocycles. The predicted octanol–water partition coefficient (Wildman–Crippen LogP) is 5.45. The maximum Gasteiger partial charge on any atom is 0.407 e. The van der Waals surface area contributed by atoms with E-state index >= 15 is 0 Å². The van der Waals surface area contributed by atoms with E-state index in [-0.39, 0.29) is 24.9 Å². The van der Waals surface area contributed by atoms with Gasteiger partial charge in [-0.05, 0) is 58.1 Å². The lowest BCUT2D eigenvalue weighted by Gasteiger charge is -2.18. The average Bonchev–Trinajstić information content (AvgIpc) is 3.23. The lowest BCUT2D eigenvalue weighted by Crippen LogP contribution is -2.45. The second kappa shape index (κ2) is 10.1. The number of rotatable bonds is 8. The molecule has 1 aliphatic rings. The van der Waals surface area contributed by atoms with Crippen molar-refractivity contribution in [3.63, 3.8) is 0 Å². The fraction of sp³-hybridized carbons (Fsp3) is 0.167. The van der Waals surface area contributed by atoms with Crippen LogP contribution in [0.5, 0.6) is 0 Å². The van der Waals surface area contributed by atoms with Gasteiger partial charge >= 0.3 is 12.1 Å². The Bertz CT molecular complexity index is 1470. The van der Waals surface area contributed by atoms with Gasteiger partial charge in [0.15, 0.2) is 5.78 Å². The van der Waals surface area contributed by atoms with Crippen LogP contribution in [0.3, 0.4) is 0 Å². The fourth-order valence-electron chi connectivity index (χ4n) is 4.78. The van der Waals surface area contributed by atoms with E-state index in [2.05, 4.69) is 22.8 Å². The lowest BCUT2D eigenvalue weighted by atomic mass is 9.98. The first-order chi connectivity index (χ1) is 17.9. The van der Waals surface area contributed by atoms with Gasteiger partial charge in [-0.3, -0.25) is 4.79 Å². The summed E-state index contributed by atoms with van der Waals surface area (Å²) in [5.74, 6) is -1.29. The minimum atomic E-state index is -1.19. The third-order valence-corrected chi connectivity index (χ3v) is 6.69. The van der Waals surface area contributed by atoms with E-state index in [0.29, 0.717) is 11.3 Å². The quantitative estimate of drug-likeness (QED) is 0.282. The van der Waals surface area contributed by atoms with Gasteiger partial charge in [0.1, 0.15) is 12.6 Å². The number of alkyl carbamates (subject to hydrolysis) is 1. The summed E-state index contributed by atoms with van der Waals surface area (Å²) in [6, 6.07) is 25.8. The molecule has 4 aromatic carbocycles. The Morgan fingerprint density at radius 2 is 1.49 bits per heavy atom. The average molecular weight is 495 g/mol. The van der Waals surface area contributed by atoms with Crippen LogP contribution < -0.4 is 10.6 Å². The molecule has 3 N–H and O–H groups in total. The molecular formula is C30H26N2O5. The monoisotopic (exact) mass is 494 g/mol. The summed E-state index contributed by atoms with van der Waals surface area (Å²) in [5, 5.41) is 17.0. The number of fused-ring (bicyclic) bond motifs is 4. The Morgan fingerprint density at radius 1 is 0.865 bits per heavy atom. The second-order valence-corrected chi connectivity index (χ2v) is 9.07. The third kappa shape index (κ3) is 5.02. The number of amides is 1. The molecule has 186 valence electrons. The number of aliphatic carboxylic acids is 1. The molecule has 0 saturated carbocycles. The van der Waals surface area contributed by atoms with Gasteiger partial charge in [-0.25, -0.2) is 9.59 Å². The van der Waals surface area contributed by atoms with Crippen LogP contribution in [-0.2, 0) is 9.53 Å². The highest BCUT2D eigenvalue weighted by Crippen LogP contribution is 2.44. The highest BCUT2D eigenvalue weighted by molar-refractivity contribution is 5.99. The summed E-state index contributed by atoms with van der Waals surface area (Å²) in [7, 11) is 0. The second-order valence-electron chi connectivity index (χ2n) is 9.07. The van der Waals surface area contributed by atoms with E-state index in [4.69, 9.17) is 4.74 Å². The zero-order chi connectivity index (χ0) is 25.9. The number of Topliss-reactive ketones (excluding diaryl/α,β-unsaturated/α-hetero) is 1. The number of ketones is 1. The van der Waals surface area contributed by atoms with Crippen molar-refractivity contribution in [3.8, 4) is 11.1 Å². The van der Waals surface area contributed by atoms with Crippen LogP contribution in [0.1, 0.15) is 34.3 Å². The molecule has 4 aromatic rings. The smallest absolute Gasteiger partial charge is 0.407 e. The number of carboxylic acids is 1. The molecule has 1 aliphatic carbocycles. The Hall–Kier alpha value is -4.65. The van der Waals surface area contributed by atoms with Crippen molar-refractivity contribution in [1.29, 1.82) is 0 Å². The first-order valence-corrected chi connectivity index (χ1v) is 12.0. The van der Waals surface area contributed by atoms with Gasteiger partial charge in [-0.15, -0.1) is 0 Å². The van der Waals surface area contributed by atoms with Crippen molar-refractivity contribution in [2.75, 3.05) is 18.5 Å². The minimum Gasteiger partial charge on any atom is -0.480 e. The summed E-state index contributed by atoms with van der Waals surface area (Å²) in [6.45, 7) is 1.59. The van der Waals surface area contributed by atoms with E-state index in [9.17, 15) is 19.5 Å². The molecule has 0 aliphatic heterocycles. The number of carboxylic acid groups (broad SMARTS) is 1. The van der Waals surface area contributed by atoms with Gasteiger partial charge in [0, 0.05) is 23.7 Å². The summed E-state index contributed by atoms with van der Waals surface area (Å²) in [6.07, 6.45) is -0.786. The van der Waals surface area contributed by atoms with Gasteiger partial charge in [0.2, 0.25) is 0 Å².